The van der Waals surface area contributed by atoms with Crippen molar-refractivity contribution < 1.29 is 42.1 Å². The molecule has 0 aromatic carbocycles. The van der Waals surface area contributed by atoms with E-state index in [-0.39, 0.29) is 32.0 Å². The SMILES string of the molecule is CCCCCCCC/C=C\CCCCCCCC(=O)OCC(COP(=O)([O-])OCC[N+](C)(C)C)OC(=O)CCCCCCCCCCCCCCCCCCCCCCCCCCCCC/C=C\CCCCCCCCCC. The Morgan fingerprint density at radius 2 is 0.654 bits per heavy atom. The van der Waals surface area contributed by atoms with Gasteiger partial charge in [0.25, 0.3) is 7.82 Å². The zero-order valence-electron chi connectivity index (χ0n) is 52.6. The maximum absolute atomic E-state index is 12.8. The topological polar surface area (TPSA) is 111 Å². The first kappa shape index (κ1) is 76.5. The highest BCUT2D eigenvalue weighted by atomic mass is 31.2. The van der Waals surface area contributed by atoms with Crippen LogP contribution in [0.2, 0.25) is 0 Å². The summed E-state index contributed by atoms with van der Waals surface area (Å²) < 4.78 is 34.2. The minimum Gasteiger partial charge on any atom is -0.756 e. The van der Waals surface area contributed by atoms with Crippen LogP contribution in [-0.4, -0.2) is 70.0 Å². The second kappa shape index (κ2) is 60.1. The van der Waals surface area contributed by atoms with Gasteiger partial charge in [-0.2, -0.15) is 0 Å². The largest absolute Gasteiger partial charge is 0.756 e. The van der Waals surface area contributed by atoms with Gasteiger partial charge in [0.2, 0.25) is 0 Å². The van der Waals surface area contributed by atoms with Crippen LogP contribution in [0.1, 0.15) is 348 Å². The van der Waals surface area contributed by atoms with Crippen molar-refractivity contribution in [3.05, 3.63) is 24.3 Å². The van der Waals surface area contributed by atoms with Crippen LogP contribution in [0.3, 0.4) is 0 Å². The van der Waals surface area contributed by atoms with Gasteiger partial charge < -0.3 is 27.9 Å². The standard InChI is InChI=1S/C68H132NO8P/c1-6-8-10-12-14-16-18-20-22-23-24-25-26-27-28-29-30-31-32-33-34-35-36-37-38-39-40-41-42-43-44-45-47-49-51-53-55-57-59-61-68(71)77-66(65-76-78(72,73)75-63-62-69(3,4)5)64-74-67(70)60-58-56-54-52-50-48-46-21-19-17-15-13-11-9-7-2/h21,23-24,46,66H,6-20,22,25-45,47-65H2,1-5H3/b24-23-,46-21-. The quantitative estimate of drug-likeness (QED) is 0.0195. The molecule has 2 atom stereocenters. The highest BCUT2D eigenvalue weighted by molar-refractivity contribution is 7.45. The van der Waals surface area contributed by atoms with Gasteiger partial charge in [-0.3, -0.25) is 14.2 Å². The molecule has 0 fully saturated rings. The molecule has 0 N–H and O–H groups in total. The molecule has 0 radical (unpaired) electrons. The molecule has 0 saturated carbocycles. The first-order chi connectivity index (χ1) is 38.0. The van der Waals surface area contributed by atoms with Crippen molar-refractivity contribution in [1.29, 1.82) is 0 Å². The van der Waals surface area contributed by atoms with E-state index in [1.807, 2.05) is 21.1 Å². The lowest BCUT2D eigenvalue weighted by atomic mass is 10.0. The summed E-state index contributed by atoms with van der Waals surface area (Å²) in [6, 6.07) is 0. The Kier molecular flexibility index (Phi) is 58.9. The van der Waals surface area contributed by atoms with Crippen molar-refractivity contribution in [3.63, 3.8) is 0 Å². The smallest absolute Gasteiger partial charge is 0.306 e. The van der Waals surface area contributed by atoms with Gasteiger partial charge in [-0.05, 0) is 64.2 Å². The first-order valence-electron chi connectivity index (χ1n) is 34.0. The van der Waals surface area contributed by atoms with E-state index < -0.39 is 26.5 Å². The lowest BCUT2D eigenvalue weighted by Gasteiger charge is -2.28. The number of nitrogens with zero attached hydrogens (tertiary/aromatic N) is 1. The number of hydrogen-bond acceptors (Lipinski definition) is 8. The molecule has 2 unspecified atom stereocenters. The van der Waals surface area contributed by atoms with Gasteiger partial charge in [-0.1, -0.05) is 295 Å². The number of carbonyl (C=O) groups is 2. The lowest BCUT2D eigenvalue weighted by molar-refractivity contribution is -0.870. The summed E-state index contributed by atoms with van der Waals surface area (Å²) >= 11 is 0. The van der Waals surface area contributed by atoms with Crippen molar-refractivity contribution in [3.8, 4) is 0 Å². The molecule has 10 heteroatoms. The molecule has 0 amide bonds. The van der Waals surface area contributed by atoms with Crippen LogP contribution < -0.4 is 4.89 Å². The van der Waals surface area contributed by atoms with Gasteiger partial charge in [0.1, 0.15) is 19.8 Å². The minimum absolute atomic E-state index is 0.0290. The Hall–Kier alpha value is -1.51. The summed E-state index contributed by atoms with van der Waals surface area (Å²) in [5.41, 5.74) is 0. The third kappa shape index (κ3) is 63.7. The molecule has 0 rings (SSSR count). The van der Waals surface area contributed by atoms with Crippen LogP contribution in [0, 0.1) is 0 Å². The van der Waals surface area contributed by atoms with E-state index in [0.717, 1.165) is 51.4 Å². The minimum atomic E-state index is -4.63. The number of phosphoric ester groups is 1. The van der Waals surface area contributed by atoms with Gasteiger partial charge in [0, 0.05) is 12.8 Å². The average molecular weight is 1120 g/mol. The number of carbonyl (C=O) groups excluding carboxylic acids is 2. The highest BCUT2D eigenvalue weighted by Crippen LogP contribution is 2.38. The van der Waals surface area contributed by atoms with Crippen molar-refractivity contribution in [2.45, 2.75) is 354 Å². The van der Waals surface area contributed by atoms with Gasteiger partial charge in [0.05, 0.1) is 27.7 Å². The number of ether oxygens (including phenoxy) is 2. The number of hydrogen-bond donors (Lipinski definition) is 0. The fourth-order valence-corrected chi connectivity index (χ4v) is 10.9. The van der Waals surface area contributed by atoms with E-state index in [1.54, 1.807) is 0 Å². The Balaban J connectivity index is 3.86. The van der Waals surface area contributed by atoms with Crippen LogP contribution >= 0.6 is 7.82 Å². The molecule has 0 spiro atoms. The monoisotopic (exact) mass is 1120 g/mol. The number of likely N-dealkylation sites (N-methyl/N-ethyl adjacent to an activating group) is 1. The maximum Gasteiger partial charge on any atom is 0.306 e. The number of rotatable bonds is 64. The van der Waals surface area contributed by atoms with Crippen LogP contribution in [0.5, 0.6) is 0 Å². The van der Waals surface area contributed by atoms with Crippen LogP contribution in [0.4, 0.5) is 0 Å². The third-order valence-electron chi connectivity index (χ3n) is 15.4. The molecule has 0 saturated heterocycles. The van der Waals surface area contributed by atoms with E-state index in [0.29, 0.717) is 17.4 Å². The van der Waals surface area contributed by atoms with Crippen molar-refractivity contribution >= 4 is 19.8 Å². The third-order valence-corrected chi connectivity index (χ3v) is 16.4. The molecule has 0 heterocycles. The molecule has 0 aliphatic carbocycles. The second-order valence-electron chi connectivity index (χ2n) is 24.5. The molecule has 0 aromatic heterocycles. The van der Waals surface area contributed by atoms with Gasteiger partial charge in [-0.25, -0.2) is 0 Å². The number of unbranched alkanes of at least 4 members (excludes halogenated alkanes) is 46. The average Bonchev–Trinajstić information content (AvgIpc) is 3.41. The summed E-state index contributed by atoms with van der Waals surface area (Å²) in [4.78, 5) is 37.9. The Bertz CT molecular complexity index is 1370. The maximum atomic E-state index is 12.8. The molecule has 462 valence electrons. The predicted octanol–water partition coefficient (Wildman–Crippen LogP) is 21.1. The molecular formula is C68H132NO8P. The van der Waals surface area contributed by atoms with E-state index in [4.69, 9.17) is 18.5 Å². The van der Waals surface area contributed by atoms with Crippen LogP contribution in [-0.2, 0) is 32.7 Å². The molecule has 0 aliphatic heterocycles. The zero-order chi connectivity index (χ0) is 57.0. The van der Waals surface area contributed by atoms with Crippen LogP contribution in [0.15, 0.2) is 24.3 Å². The van der Waals surface area contributed by atoms with E-state index >= 15 is 0 Å². The number of allylic oxidation sites excluding steroid dienone is 4. The number of phosphoric acid groups is 1. The molecule has 9 nitrogen and oxygen atoms in total. The molecule has 0 aromatic rings. The molecular weight excluding hydrogens is 990 g/mol. The van der Waals surface area contributed by atoms with Gasteiger partial charge in [-0.15, -0.1) is 0 Å². The number of quaternary nitrogens is 1. The summed E-state index contributed by atoms with van der Waals surface area (Å²) in [6.07, 6.45) is 74.3. The van der Waals surface area contributed by atoms with Crippen molar-refractivity contribution in [2.24, 2.45) is 0 Å². The molecule has 0 bridgehead atoms. The van der Waals surface area contributed by atoms with E-state index in [2.05, 4.69) is 38.2 Å². The Labute approximate surface area is 485 Å². The van der Waals surface area contributed by atoms with E-state index in [1.165, 1.54) is 263 Å². The predicted molar refractivity (Wildman–Crippen MR) is 333 cm³/mol. The summed E-state index contributed by atoms with van der Waals surface area (Å²) in [5, 5.41) is 0. The Morgan fingerprint density at radius 1 is 0.385 bits per heavy atom. The van der Waals surface area contributed by atoms with Gasteiger partial charge >= 0.3 is 11.9 Å². The van der Waals surface area contributed by atoms with E-state index in [9.17, 15) is 19.0 Å². The van der Waals surface area contributed by atoms with Crippen molar-refractivity contribution in [2.75, 3.05) is 47.5 Å². The summed E-state index contributed by atoms with van der Waals surface area (Å²) in [5.74, 6) is -0.825. The van der Waals surface area contributed by atoms with Crippen molar-refractivity contribution in [1.82, 2.24) is 0 Å². The Morgan fingerprint density at radius 3 is 0.949 bits per heavy atom. The summed E-state index contributed by atoms with van der Waals surface area (Å²) in [6.45, 7) is 4.28. The molecule has 0 aliphatic rings. The lowest BCUT2D eigenvalue weighted by Crippen LogP contribution is -2.37. The summed E-state index contributed by atoms with van der Waals surface area (Å²) in [7, 11) is 1.18. The van der Waals surface area contributed by atoms with Gasteiger partial charge in [0.15, 0.2) is 6.10 Å². The van der Waals surface area contributed by atoms with Crippen LogP contribution in [0.25, 0.3) is 0 Å². The normalized spacial score (nSPS) is 13.3. The highest BCUT2D eigenvalue weighted by Gasteiger charge is 2.22. The number of esters is 2. The fourth-order valence-electron chi connectivity index (χ4n) is 10.2. The zero-order valence-corrected chi connectivity index (χ0v) is 53.5. The first-order valence-corrected chi connectivity index (χ1v) is 35.5. The second-order valence-corrected chi connectivity index (χ2v) is 25.9. The molecule has 78 heavy (non-hydrogen) atoms. The fraction of sp³-hybridized carbons (Fsp3) is 0.912.